The molecule has 0 aromatic heterocycles. The van der Waals surface area contributed by atoms with Gasteiger partial charge in [-0.1, -0.05) is 31.2 Å². The number of hydrogen-bond donors (Lipinski definition) is 2. The maximum absolute atomic E-state index is 13.0. The first kappa shape index (κ1) is 13.5. The van der Waals surface area contributed by atoms with Crippen LogP contribution < -0.4 is 11.1 Å². The molecule has 0 heterocycles. The highest BCUT2D eigenvalue weighted by molar-refractivity contribution is 5.84. The number of hydrogen-bond acceptors (Lipinski definition) is 2. The van der Waals surface area contributed by atoms with E-state index in [0.717, 1.165) is 11.1 Å². The molecule has 2 aliphatic rings. The number of carbonyl (C=O) groups excluding carboxylic acids is 1. The Kier molecular flexibility index (Phi) is 2.87. The van der Waals surface area contributed by atoms with Crippen LogP contribution in [0.3, 0.4) is 0 Å². The molecule has 2 aliphatic carbocycles. The summed E-state index contributed by atoms with van der Waals surface area (Å²) in [5.74, 6) is -3.01. The van der Waals surface area contributed by atoms with E-state index in [9.17, 15) is 13.6 Å². The molecule has 2 atom stereocenters. The first-order chi connectivity index (χ1) is 9.31. The van der Waals surface area contributed by atoms with Crippen LogP contribution in [-0.4, -0.2) is 17.9 Å². The molecular weight excluding hydrogens is 262 g/mol. The van der Waals surface area contributed by atoms with Crippen LogP contribution in [0.5, 0.6) is 0 Å². The quantitative estimate of drug-likeness (QED) is 0.872. The van der Waals surface area contributed by atoms with E-state index in [1.54, 1.807) is 6.92 Å². The number of nitrogens with two attached hydrogens (primary N) is 1. The monoisotopic (exact) mass is 280 g/mol. The lowest BCUT2D eigenvalue weighted by molar-refractivity contribution is -0.175. The smallest absolute Gasteiger partial charge is 0.250 e. The van der Waals surface area contributed by atoms with E-state index in [1.165, 1.54) is 0 Å². The number of benzene rings is 1. The van der Waals surface area contributed by atoms with Crippen molar-refractivity contribution in [1.82, 2.24) is 5.32 Å². The second-order valence-electron chi connectivity index (χ2n) is 6.28. The zero-order valence-corrected chi connectivity index (χ0v) is 11.3. The van der Waals surface area contributed by atoms with Crippen molar-refractivity contribution in [3.05, 3.63) is 35.4 Å². The SMILES string of the molecule is CC1(C(=O)N[C@@H]2Cc3ccccc3[C@H]2N)CC(F)(F)C1. The summed E-state index contributed by atoms with van der Waals surface area (Å²) in [5.41, 5.74) is 7.32. The van der Waals surface area contributed by atoms with Gasteiger partial charge in [0, 0.05) is 12.8 Å². The highest BCUT2D eigenvalue weighted by Gasteiger charge is 2.58. The highest BCUT2D eigenvalue weighted by atomic mass is 19.3. The summed E-state index contributed by atoms with van der Waals surface area (Å²) in [6, 6.07) is 7.32. The number of fused-ring (bicyclic) bond motifs is 1. The normalized spacial score (nSPS) is 29.4. The van der Waals surface area contributed by atoms with Gasteiger partial charge >= 0.3 is 0 Å². The topological polar surface area (TPSA) is 55.1 Å². The third-order valence-corrected chi connectivity index (χ3v) is 4.45. The van der Waals surface area contributed by atoms with Crippen LogP contribution in [0.2, 0.25) is 0 Å². The van der Waals surface area contributed by atoms with Gasteiger partial charge < -0.3 is 11.1 Å². The molecule has 0 saturated heterocycles. The molecule has 3 rings (SSSR count). The second kappa shape index (κ2) is 4.25. The van der Waals surface area contributed by atoms with Gasteiger partial charge in [-0.05, 0) is 17.5 Å². The van der Waals surface area contributed by atoms with Gasteiger partial charge in [-0.15, -0.1) is 0 Å². The third kappa shape index (κ3) is 2.10. The molecule has 0 aliphatic heterocycles. The van der Waals surface area contributed by atoms with Crippen LogP contribution in [0.1, 0.15) is 36.9 Å². The van der Waals surface area contributed by atoms with Crippen LogP contribution in [-0.2, 0) is 11.2 Å². The summed E-state index contributed by atoms with van der Waals surface area (Å²) >= 11 is 0. The van der Waals surface area contributed by atoms with Crippen molar-refractivity contribution in [2.75, 3.05) is 0 Å². The van der Waals surface area contributed by atoms with Crippen LogP contribution in [0.15, 0.2) is 24.3 Å². The summed E-state index contributed by atoms with van der Waals surface area (Å²) in [6.07, 6.45) is -0.0863. The van der Waals surface area contributed by atoms with Crippen molar-refractivity contribution < 1.29 is 13.6 Å². The zero-order valence-electron chi connectivity index (χ0n) is 11.3. The maximum atomic E-state index is 13.0. The first-order valence-corrected chi connectivity index (χ1v) is 6.83. The van der Waals surface area contributed by atoms with E-state index in [2.05, 4.69) is 5.32 Å². The Morgan fingerprint density at radius 1 is 1.35 bits per heavy atom. The number of alkyl halides is 2. The van der Waals surface area contributed by atoms with Crippen molar-refractivity contribution in [1.29, 1.82) is 0 Å². The minimum Gasteiger partial charge on any atom is -0.351 e. The molecule has 0 spiro atoms. The summed E-state index contributed by atoms with van der Waals surface area (Å²) in [4.78, 5) is 12.2. The molecule has 1 aromatic rings. The Labute approximate surface area is 116 Å². The average Bonchev–Trinajstić information content (AvgIpc) is 2.64. The lowest BCUT2D eigenvalue weighted by atomic mass is 9.67. The van der Waals surface area contributed by atoms with Crippen molar-refractivity contribution in [2.24, 2.45) is 11.1 Å². The number of nitrogens with one attached hydrogen (secondary N) is 1. The fourth-order valence-electron chi connectivity index (χ4n) is 3.36. The average molecular weight is 280 g/mol. The molecule has 108 valence electrons. The summed E-state index contributed by atoms with van der Waals surface area (Å²) in [6.45, 7) is 1.59. The molecule has 1 fully saturated rings. The van der Waals surface area contributed by atoms with Gasteiger partial charge in [0.25, 0.3) is 0 Å². The molecule has 3 N–H and O–H groups in total. The molecule has 0 bridgehead atoms. The number of amides is 1. The van der Waals surface area contributed by atoms with Gasteiger partial charge in [0.05, 0.1) is 17.5 Å². The van der Waals surface area contributed by atoms with E-state index in [4.69, 9.17) is 5.73 Å². The Morgan fingerprint density at radius 2 is 2.00 bits per heavy atom. The molecule has 0 radical (unpaired) electrons. The van der Waals surface area contributed by atoms with Gasteiger partial charge in [-0.25, -0.2) is 8.78 Å². The van der Waals surface area contributed by atoms with E-state index in [-0.39, 0.29) is 30.8 Å². The number of carbonyl (C=O) groups is 1. The van der Waals surface area contributed by atoms with Crippen LogP contribution in [0, 0.1) is 5.41 Å². The largest absolute Gasteiger partial charge is 0.351 e. The molecule has 20 heavy (non-hydrogen) atoms. The van der Waals surface area contributed by atoms with Gasteiger partial charge in [-0.3, -0.25) is 4.79 Å². The van der Waals surface area contributed by atoms with Gasteiger partial charge in [0.2, 0.25) is 11.8 Å². The van der Waals surface area contributed by atoms with Gasteiger partial charge in [0.15, 0.2) is 0 Å². The molecular formula is C15H18F2N2O. The van der Waals surface area contributed by atoms with Crippen molar-refractivity contribution in [3.8, 4) is 0 Å². The van der Waals surface area contributed by atoms with E-state index in [0.29, 0.717) is 6.42 Å². The van der Waals surface area contributed by atoms with E-state index >= 15 is 0 Å². The molecule has 1 amide bonds. The fourth-order valence-corrected chi connectivity index (χ4v) is 3.36. The van der Waals surface area contributed by atoms with Crippen LogP contribution >= 0.6 is 0 Å². The van der Waals surface area contributed by atoms with E-state index < -0.39 is 11.3 Å². The Bertz CT molecular complexity index is 551. The van der Waals surface area contributed by atoms with Crippen LogP contribution in [0.25, 0.3) is 0 Å². The Morgan fingerprint density at radius 3 is 2.60 bits per heavy atom. The molecule has 3 nitrogen and oxygen atoms in total. The lowest BCUT2D eigenvalue weighted by Gasteiger charge is -2.43. The summed E-state index contributed by atoms with van der Waals surface area (Å²) < 4.78 is 26.0. The second-order valence-corrected chi connectivity index (χ2v) is 6.28. The lowest BCUT2D eigenvalue weighted by Crippen LogP contribution is -2.56. The highest BCUT2D eigenvalue weighted by Crippen LogP contribution is 2.52. The minimum atomic E-state index is -2.70. The van der Waals surface area contributed by atoms with Crippen molar-refractivity contribution >= 4 is 5.91 Å². The molecule has 1 saturated carbocycles. The molecule has 1 aromatic carbocycles. The predicted molar refractivity (Wildman–Crippen MR) is 71.3 cm³/mol. The van der Waals surface area contributed by atoms with Gasteiger partial charge in [-0.2, -0.15) is 0 Å². The van der Waals surface area contributed by atoms with E-state index in [1.807, 2.05) is 24.3 Å². The Hall–Kier alpha value is -1.49. The Balaban J connectivity index is 1.67. The van der Waals surface area contributed by atoms with Crippen molar-refractivity contribution in [3.63, 3.8) is 0 Å². The standard InChI is InChI=1S/C15H18F2N2O/c1-14(7-15(16,17)8-14)13(20)19-11-6-9-4-2-3-5-10(9)12(11)18/h2-5,11-12H,6-8,18H2,1H3,(H,19,20)/t11-,12-/m1/s1. The number of halogens is 2. The van der Waals surface area contributed by atoms with Crippen molar-refractivity contribution in [2.45, 2.75) is 44.2 Å². The third-order valence-electron chi connectivity index (χ3n) is 4.45. The van der Waals surface area contributed by atoms with Gasteiger partial charge in [0.1, 0.15) is 0 Å². The molecule has 0 unspecified atom stereocenters. The first-order valence-electron chi connectivity index (χ1n) is 6.83. The van der Waals surface area contributed by atoms with Crippen LogP contribution in [0.4, 0.5) is 8.78 Å². The zero-order chi connectivity index (χ0) is 14.5. The predicted octanol–water partition coefficient (Wildman–Crippen LogP) is 2.16. The summed E-state index contributed by atoms with van der Waals surface area (Å²) in [5, 5.41) is 2.86. The fraction of sp³-hybridized carbons (Fsp3) is 0.533. The number of rotatable bonds is 2. The minimum absolute atomic E-state index is 0.203. The maximum Gasteiger partial charge on any atom is 0.250 e. The molecule has 5 heteroatoms. The summed E-state index contributed by atoms with van der Waals surface area (Å²) in [7, 11) is 0.